The number of carbonyl (C=O) groups excluding carboxylic acids is 1. The molecule has 3 heterocycles. The molecule has 0 radical (unpaired) electrons. The number of methoxy groups -OCH3 is 1. The molecule has 2 aliphatic rings. The number of anilines is 1. The minimum Gasteiger partial charge on any atom is -0.474 e. The largest absolute Gasteiger partial charge is 0.474 e. The van der Waals surface area contributed by atoms with Gasteiger partial charge in [-0.1, -0.05) is 6.07 Å². The molecule has 0 bridgehead atoms. The van der Waals surface area contributed by atoms with E-state index < -0.39 is 16.1 Å². The van der Waals surface area contributed by atoms with Crippen LogP contribution in [0.25, 0.3) is 17.2 Å². The second-order valence-electron chi connectivity index (χ2n) is 8.99. The van der Waals surface area contributed by atoms with Crippen LogP contribution in [-0.4, -0.2) is 49.0 Å². The van der Waals surface area contributed by atoms with E-state index in [0.717, 1.165) is 47.1 Å². The average Bonchev–Trinajstić information content (AvgIpc) is 3.51. The molecule has 1 aliphatic heterocycles. The first kappa shape index (κ1) is 24.8. The molecule has 37 heavy (non-hydrogen) atoms. The van der Waals surface area contributed by atoms with Gasteiger partial charge in [-0.25, -0.2) is 22.6 Å². The van der Waals surface area contributed by atoms with Gasteiger partial charge in [0.2, 0.25) is 5.88 Å². The van der Waals surface area contributed by atoms with Crippen molar-refractivity contribution in [2.45, 2.75) is 43.7 Å². The number of pyridine rings is 1. The summed E-state index contributed by atoms with van der Waals surface area (Å²) in [6, 6.07) is 4.97. The van der Waals surface area contributed by atoms with Crippen LogP contribution in [0, 0.1) is 6.92 Å². The maximum atomic E-state index is 13.1. The van der Waals surface area contributed by atoms with Crippen molar-refractivity contribution in [2.75, 3.05) is 19.0 Å². The molecule has 0 fully saturated rings. The number of carbonyl (C=O) groups is 1. The van der Waals surface area contributed by atoms with E-state index >= 15 is 0 Å². The number of nitrogens with zero attached hydrogens (tertiary/aromatic N) is 3. The van der Waals surface area contributed by atoms with Gasteiger partial charge in [-0.05, 0) is 72.8 Å². The third-order valence-corrected chi connectivity index (χ3v) is 7.88. The minimum absolute atomic E-state index is 0. The average molecular weight is 529 g/mol. The van der Waals surface area contributed by atoms with Crippen LogP contribution >= 0.6 is 0 Å². The molecule has 0 saturated heterocycles. The Morgan fingerprint density at radius 2 is 2.19 bits per heavy atom. The van der Waals surface area contributed by atoms with Crippen LogP contribution in [0.4, 0.5) is 10.5 Å². The number of ether oxygens (including phenoxy) is 2. The maximum absolute atomic E-state index is 13.1. The van der Waals surface area contributed by atoms with Crippen LogP contribution in [0.2, 0.25) is 0 Å². The molecule has 1 unspecified atom stereocenters. The lowest BCUT2D eigenvalue weighted by molar-refractivity contribution is 0.0165. The summed E-state index contributed by atoms with van der Waals surface area (Å²) in [5, 5.41) is 6.92. The summed E-state index contributed by atoms with van der Waals surface area (Å²) in [5.41, 5.74) is 11.5. The fraction of sp³-hybridized carbons (Fsp3) is 0.320. The number of hydrogen-bond donors (Lipinski definition) is 3. The van der Waals surface area contributed by atoms with Crippen LogP contribution in [-0.2, 0) is 34.1 Å². The second-order valence-corrected chi connectivity index (χ2v) is 10.6. The molecular weight excluding hydrogens is 496 g/mol. The SMILES string of the molecule is COC1COc2c(S(=O)(=O)NC(=O)Nc3c4c(cc(C)c3-c3ccnc(/C=C\N)c3)CCC4)cnn2C1.[HH].[HH]. The summed E-state index contributed by atoms with van der Waals surface area (Å²) in [6.07, 6.45) is 8.31. The van der Waals surface area contributed by atoms with Crippen LogP contribution in [0.1, 0.15) is 31.7 Å². The first-order valence-electron chi connectivity index (χ1n) is 11.9. The second kappa shape index (κ2) is 9.87. The summed E-state index contributed by atoms with van der Waals surface area (Å²) in [5.74, 6) is 0.0722. The van der Waals surface area contributed by atoms with Gasteiger partial charge in [0.05, 0.1) is 24.1 Å². The lowest BCUT2D eigenvalue weighted by Gasteiger charge is -2.23. The number of rotatable bonds is 6. The van der Waals surface area contributed by atoms with Crippen molar-refractivity contribution in [1.29, 1.82) is 0 Å². The molecule has 1 atom stereocenters. The number of aryl methyl sites for hydroxylation is 2. The number of benzene rings is 1. The van der Waals surface area contributed by atoms with Gasteiger partial charge >= 0.3 is 6.03 Å². The Bertz CT molecular complexity index is 1510. The van der Waals surface area contributed by atoms with Gasteiger partial charge in [0.1, 0.15) is 12.7 Å². The molecule has 198 valence electrons. The molecule has 0 spiro atoms. The Morgan fingerprint density at radius 3 is 2.97 bits per heavy atom. The van der Waals surface area contributed by atoms with Gasteiger partial charge in [-0.3, -0.25) is 4.98 Å². The number of nitrogens with one attached hydrogen (secondary N) is 2. The highest BCUT2D eigenvalue weighted by atomic mass is 32.2. The Kier molecular flexibility index (Phi) is 6.61. The molecule has 3 aromatic rings. The standard InChI is InChI=1S/C25H28N6O5S.2H2/c1-15-10-16-4-3-5-20(16)23(22(15)17-7-9-27-18(11-17)6-8-26)29-25(32)30-37(33,34)21-12-28-31-13-19(35-2)14-36-24(21)31;;/h6-12,19H,3-5,13-14,26H2,1-2H3,(H2,29,30,32);2*1H/b8-6-;;. The third-order valence-electron chi connectivity index (χ3n) is 6.56. The number of amides is 2. The van der Waals surface area contributed by atoms with E-state index in [9.17, 15) is 13.2 Å². The maximum Gasteiger partial charge on any atom is 0.333 e. The number of sulfonamides is 1. The van der Waals surface area contributed by atoms with E-state index in [1.54, 1.807) is 19.4 Å². The predicted molar refractivity (Wildman–Crippen MR) is 142 cm³/mol. The van der Waals surface area contributed by atoms with Crippen molar-refractivity contribution in [1.82, 2.24) is 19.5 Å². The fourth-order valence-corrected chi connectivity index (χ4v) is 5.88. The zero-order valence-electron chi connectivity index (χ0n) is 20.5. The molecule has 1 aliphatic carbocycles. The van der Waals surface area contributed by atoms with E-state index in [1.807, 2.05) is 19.1 Å². The number of urea groups is 1. The molecule has 11 nitrogen and oxygen atoms in total. The normalized spacial score (nSPS) is 16.8. The number of fused-ring (bicyclic) bond motifs is 2. The Hall–Kier alpha value is -3.90. The van der Waals surface area contributed by atoms with Gasteiger partial charge in [-0.2, -0.15) is 5.10 Å². The van der Waals surface area contributed by atoms with Crippen LogP contribution in [0.15, 0.2) is 41.7 Å². The quantitative estimate of drug-likeness (QED) is 0.442. The van der Waals surface area contributed by atoms with Crippen molar-refractivity contribution in [3.05, 3.63) is 59.2 Å². The Labute approximate surface area is 217 Å². The zero-order valence-corrected chi connectivity index (χ0v) is 21.3. The van der Waals surface area contributed by atoms with E-state index in [0.29, 0.717) is 17.9 Å². The summed E-state index contributed by atoms with van der Waals surface area (Å²) < 4.78 is 40.6. The summed E-state index contributed by atoms with van der Waals surface area (Å²) in [4.78, 5) is 17.2. The first-order valence-corrected chi connectivity index (χ1v) is 13.3. The first-order chi connectivity index (χ1) is 17.8. The lowest BCUT2D eigenvalue weighted by atomic mass is 9.93. The molecule has 0 saturated carbocycles. The van der Waals surface area contributed by atoms with Gasteiger partial charge in [0, 0.05) is 21.7 Å². The van der Waals surface area contributed by atoms with Crippen LogP contribution in [0.5, 0.6) is 5.88 Å². The highest BCUT2D eigenvalue weighted by Gasteiger charge is 2.31. The highest BCUT2D eigenvalue weighted by molar-refractivity contribution is 7.90. The number of hydrogen-bond acceptors (Lipinski definition) is 8. The highest BCUT2D eigenvalue weighted by Crippen LogP contribution is 2.40. The van der Waals surface area contributed by atoms with Crippen LogP contribution < -0.4 is 20.5 Å². The van der Waals surface area contributed by atoms with Crippen LogP contribution in [0.3, 0.4) is 0 Å². The van der Waals surface area contributed by atoms with Crippen molar-refractivity contribution < 1.29 is 25.5 Å². The molecule has 5 rings (SSSR count). The predicted octanol–water partition coefficient (Wildman–Crippen LogP) is 3.08. The minimum atomic E-state index is -4.26. The number of aromatic nitrogens is 3. The third kappa shape index (κ3) is 4.77. The summed E-state index contributed by atoms with van der Waals surface area (Å²) in [6.45, 7) is 2.50. The van der Waals surface area contributed by atoms with E-state index in [4.69, 9.17) is 15.2 Å². The zero-order chi connectivity index (χ0) is 26.2. The molecule has 12 heteroatoms. The molecule has 2 amide bonds. The van der Waals surface area contributed by atoms with E-state index in [1.165, 1.54) is 17.1 Å². The molecule has 2 aromatic heterocycles. The van der Waals surface area contributed by atoms with Crippen molar-refractivity contribution in [3.8, 4) is 17.0 Å². The van der Waals surface area contributed by atoms with Gasteiger partial charge in [0.15, 0.2) is 4.90 Å². The molecular formula is C25H32N6O5S. The summed E-state index contributed by atoms with van der Waals surface area (Å²) >= 11 is 0. The van der Waals surface area contributed by atoms with Crippen molar-refractivity contribution in [3.63, 3.8) is 0 Å². The Morgan fingerprint density at radius 1 is 1.35 bits per heavy atom. The van der Waals surface area contributed by atoms with Gasteiger partial charge < -0.3 is 20.5 Å². The van der Waals surface area contributed by atoms with E-state index in [2.05, 4.69) is 26.2 Å². The Balaban J connectivity index is 0.00000210. The topological polar surface area (TPSA) is 150 Å². The van der Waals surface area contributed by atoms with Gasteiger partial charge in [0.25, 0.3) is 10.0 Å². The molecule has 4 N–H and O–H groups in total. The fourth-order valence-electron chi connectivity index (χ4n) is 4.89. The smallest absolute Gasteiger partial charge is 0.333 e. The number of nitrogens with two attached hydrogens (primary N) is 1. The summed E-state index contributed by atoms with van der Waals surface area (Å²) in [7, 11) is -2.72. The lowest BCUT2D eigenvalue weighted by Crippen LogP contribution is -2.36. The van der Waals surface area contributed by atoms with E-state index in [-0.39, 0.29) is 26.3 Å². The molecule has 1 aromatic carbocycles. The monoisotopic (exact) mass is 528 g/mol. The van der Waals surface area contributed by atoms with Crippen molar-refractivity contribution in [2.24, 2.45) is 5.73 Å². The van der Waals surface area contributed by atoms with Gasteiger partial charge in [-0.15, -0.1) is 0 Å². The van der Waals surface area contributed by atoms with Crippen molar-refractivity contribution >= 4 is 27.8 Å².